The van der Waals surface area contributed by atoms with Gasteiger partial charge in [-0.1, -0.05) is 19.0 Å². The van der Waals surface area contributed by atoms with Crippen LogP contribution in [0.4, 0.5) is 0 Å². The average Bonchev–Trinajstić information content (AvgIpc) is 3.25. The van der Waals surface area contributed by atoms with Crippen molar-refractivity contribution in [3.63, 3.8) is 0 Å². The summed E-state index contributed by atoms with van der Waals surface area (Å²) in [5, 5.41) is 4.10. The first-order valence-corrected chi connectivity index (χ1v) is 8.46. The van der Waals surface area contributed by atoms with Crippen molar-refractivity contribution in [2.75, 3.05) is 13.2 Å². The number of nitrogens with zero attached hydrogens (tertiary/aromatic N) is 3. The van der Waals surface area contributed by atoms with Crippen LogP contribution in [0.2, 0.25) is 0 Å². The largest absolute Gasteiger partial charge is 0.368 e. The topological polar surface area (TPSA) is 68.5 Å². The van der Waals surface area contributed by atoms with E-state index in [4.69, 9.17) is 9.26 Å². The first-order chi connectivity index (χ1) is 10.7. The Morgan fingerprint density at radius 3 is 2.95 bits per heavy atom. The smallest absolute Gasteiger partial charge is 0.252 e. The Kier molecular flexibility index (Phi) is 4.76. The molecule has 2 aliphatic heterocycles. The monoisotopic (exact) mass is 307 g/mol. The average molecular weight is 307 g/mol. The highest BCUT2D eigenvalue weighted by atomic mass is 16.5. The molecule has 3 unspecified atom stereocenters. The minimum absolute atomic E-state index is 0.0873. The van der Waals surface area contributed by atoms with Gasteiger partial charge >= 0.3 is 0 Å². The second kappa shape index (κ2) is 6.77. The van der Waals surface area contributed by atoms with Crippen LogP contribution >= 0.6 is 0 Å². The van der Waals surface area contributed by atoms with E-state index in [2.05, 4.69) is 24.0 Å². The maximum Gasteiger partial charge on any atom is 0.252 e. The Morgan fingerprint density at radius 1 is 1.36 bits per heavy atom. The summed E-state index contributed by atoms with van der Waals surface area (Å²) in [5.74, 6) is 1.70. The van der Waals surface area contributed by atoms with Crippen LogP contribution in [0.25, 0.3) is 0 Å². The van der Waals surface area contributed by atoms with E-state index in [1.54, 1.807) is 0 Å². The number of carbonyl (C=O) groups excluding carboxylic acids is 1. The van der Waals surface area contributed by atoms with Crippen molar-refractivity contribution >= 4 is 5.91 Å². The minimum Gasteiger partial charge on any atom is -0.368 e. The molecule has 0 N–H and O–H groups in total. The molecule has 1 amide bonds. The van der Waals surface area contributed by atoms with Gasteiger partial charge in [-0.25, -0.2) is 0 Å². The van der Waals surface area contributed by atoms with Gasteiger partial charge in [-0.05, 0) is 38.5 Å². The van der Waals surface area contributed by atoms with Gasteiger partial charge in [0.15, 0.2) is 5.82 Å². The SMILES string of the molecule is CCC(C)c1noc(C2CCCCN2C(=O)C2CCCO2)n1. The van der Waals surface area contributed by atoms with Crippen molar-refractivity contribution in [3.05, 3.63) is 11.7 Å². The molecule has 0 bridgehead atoms. The highest BCUT2D eigenvalue weighted by molar-refractivity contribution is 5.81. The maximum absolute atomic E-state index is 12.7. The summed E-state index contributed by atoms with van der Waals surface area (Å²) in [6.07, 6.45) is 5.49. The van der Waals surface area contributed by atoms with Crippen molar-refractivity contribution in [2.24, 2.45) is 0 Å². The number of likely N-dealkylation sites (tertiary alicyclic amines) is 1. The van der Waals surface area contributed by atoms with Gasteiger partial charge < -0.3 is 14.2 Å². The number of carbonyl (C=O) groups is 1. The molecule has 6 nitrogen and oxygen atoms in total. The van der Waals surface area contributed by atoms with Gasteiger partial charge in [-0.3, -0.25) is 4.79 Å². The molecule has 1 aromatic rings. The predicted octanol–water partition coefficient (Wildman–Crippen LogP) is 2.82. The number of piperidine rings is 1. The van der Waals surface area contributed by atoms with E-state index in [9.17, 15) is 4.79 Å². The zero-order valence-electron chi connectivity index (χ0n) is 13.5. The molecule has 2 fully saturated rings. The molecule has 0 spiro atoms. The van der Waals surface area contributed by atoms with E-state index in [1.165, 1.54) is 0 Å². The first-order valence-electron chi connectivity index (χ1n) is 8.46. The third-order valence-electron chi connectivity index (χ3n) is 4.79. The summed E-state index contributed by atoms with van der Waals surface area (Å²) in [4.78, 5) is 19.1. The summed E-state index contributed by atoms with van der Waals surface area (Å²) >= 11 is 0. The fourth-order valence-electron chi connectivity index (χ4n) is 3.17. The Balaban J connectivity index is 1.77. The maximum atomic E-state index is 12.7. The van der Waals surface area contributed by atoms with E-state index in [0.717, 1.165) is 50.9 Å². The zero-order chi connectivity index (χ0) is 15.5. The van der Waals surface area contributed by atoms with E-state index in [1.807, 2.05) is 4.90 Å². The lowest BCUT2D eigenvalue weighted by Gasteiger charge is -2.34. The Bertz CT molecular complexity index is 510. The molecule has 3 rings (SSSR count). The van der Waals surface area contributed by atoms with E-state index < -0.39 is 0 Å². The second-order valence-electron chi connectivity index (χ2n) is 6.34. The lowest BCUT2D eigenvalue weighted by molar-refractivity contribution is -0.145. The number of hydrogen-bond donors (Lipinski definition) is 0. The number of hydrogen-bond acceptors (Lipinski definition) is 5. The summed E-state index contributed by atoms with van der Waals surface area (Å²) in [6.45, 7) is 5.64. The van der Waals surface area contributed by atoms with Gasteiger partial charge in [0.2, 0.25) is 5.89 Å². The van der Waals surface area contributed by atoms with E-state index in [0.29, 0.717) is 12.5 Å². The summed E-state index contributed by atoms with van der Waals surface area (Å²) in [6, 6.07) is -0.0873. The van der Waals surface area contributed by atoms with Crippen molar-refractivity contribution in [3.8, 4) is 0 Å². The molecule has 0 aromatic carbocycles. The third-order valence-corrected chi connectivity index (χ3v) is 4.79. The van der Waals surface area contributed by atoms with Gasteiger partial charge in [0.25, 0.3) is 5.91 Å². The van der Waals surface area contributed by atoms with Crippen LogP contribution in [0.15, 0.2) is 4.52 Å². The van der Waals surface area contributed by atoms with Crippen molar-refractivity contribution in [2.45, 2.75) is 70.4 Å². The molecule has 3 atom stereocenters. The van der Waals surface area contributed by atoms with Gasteiger partial charge in [0.1, 0.15) is 12.1 Å². The first kappa shape index (κ1) is 15.5. The van der Waals surface area contributed by atoms with E-state index >= 15 is 0 Å². The fraction of sp³-hybridized carbons (Fsp3) is 0.812. The summed E-state index contributed by atoms with van der Waals surface area (Å²) in [5.41, 5.74) is 0. The number of ether oxygens (including phenoxy) is 1. The number of amides is 1. The van der Waals surface area contributed by atoms with Gasteiger partial charge in [-0.2, -0.15) is 4.98 Å². The highest BCUT2D eigenvalue weighted by Crippen LogP contribution is 2.32. The molecule has 0 aliphatic carbocycles. The Morgan fingerprint density at radius 2 is 2.23 bits per heavy atom. The molecular weight excluding hydrogens is 282 g/mol. The second-order valence-corrected chi connectivity index (χ2v) is 6.34. The van der Waals surface area contributed by atoms with Gasteiger partial charge in [-0.15, -0.1) is 0 Å². The minimum atomic E-state index is -0.280. The molecular formula is C16H25N3O3. The molecule has 3 heterocycles. The normalized spacial score (nSPS) is 27.1. The quantitative estimate of drug-likeness (QED) is 0.855. The van der Waals surface area contributed by atoms with Crippen LogP contribution in [-0.4, -0.2) is 40.2 Å². The molecule has 6 heteroatoms. The number of rotatable bonds is 4. The fourth-order valence-corrected chi connectivity index (χ4v) is 3.17. The van der Waals surface area contributed by atoms with Crippen LogP contribution in [-0.2, 0) is 9.53 Å². The summed E-state index contributed by atoms with van der Waals surface area (Å²) < 4.78 is 11.0. The number of aromatic nitrogens is 2. The molecule has 122 valence electrons. The Labute approximate surface area is 131 Å². The van der Waals surface area contributed by atoms with Gasteiger partial charge in [0, 0.05) is 19.1 Å². The lowest BCUT2D eigenvalue weighted by Crippen LogP contribution is -2.44. The Hall–Kier alpha value is -1.43. The van der Waals surface area contributed by atoms with Crippen molar-refractivity contribution < 1.29 is 14.1 Å². The van der Waals surface area contributed by atoms with Gasteiger partial charge in [0.05, 0.1) is 0 Å². The molecule has 2 aliphatic rings. The molecule has 2 saturated heterocycles. The molecule has 22 heavy (non-hydrogen) atoms. The van der Waals surface area contributed by atoms with E-state index in [-0.39, 0.29) is 24.0 Å². The molecule has 1 aromatic heterocycles. The van der Waals surface area contributed by atoms with Crippen LogP contribution < -0.4 is 0 Å². The van der Waals surface area contributed by atoms with Crippen LogP contribution in [0.5, 0.6) is 0 Å². The van der Waals surface area contributed by atoms with Crippen LogP contribution in [0.1, 0.15) is 76.0 Å². The highest BCUT2D eigenvalue weighted by Gasteiger charge is 2.37. The molecule has 0 radical (unpaired) electrons. The standard InChI is InChI=1S/C16H25N3O3/c1-3-11(2)14-17-15(22-18-14)12-7-4-5-9-19(12)16(20)13-8-6-10-21-13/h11-13H,3-10H2,1-2H3. The van der Waals surface area contributed by atoms with Crippen molar-refractivity contribution in [1.29, 1.82) is 0 Å². The van der Waals surface area contributed by atoms with Crippen LogP contribution in [0.3, 0.4) is 0 Å². The predicted molar refractivity (Wildman–Crippen MR) is 80.3 cm³/mol. The van der Waals surface area contributed by atoms with Crippen LogP contribution in [0, 0.1) is 0 Å². The lowest BCUT2D eigenvalue weighted by atomic mass is 10.0. The summed E-state index contributed by atoms with van der Waals surface area (Å²) in [7, 11) is 0. The van der Waals surface area contributed by atoms with Crippen molar-refractivity contribution in [1.82, 2.24) is 15.0 Å². The third kappa shape index (κ3) is 3.02. The molecule has 0 saturated carbocycles. The zero-order valence-corrected chi connectivity index (χ0v) is 13.5.